The smallest absolute Gasteiger partial charge is 0.407 e. The quantitative estimate of drug-likeness (QED) is 0.325. The molecule has 202 valence electrons. The summed E-state index contributed by atoms with van der Waals surface area (Å²) in [6, 6.07) is -1.29. The minimum atomic E-state index is -1.29. The minimum Gasteiger partial charge on any atom is -0.480 e. The molecule has 2 aliphatic heterocycles. The summed E-state index contributed by atoms with van der Waals surface area (Å²) in [5.74, 6) is -0.0143. The second-order valence-corrected chi connectivity index (χ2v) is 11.0. The lowest BCUT2D eigenvalue weighted by Crippen LogP contribution is -2.48. The van der Waals surface area contributed by atoms with Crippen LogP contribution < -0.4 is 20.9 Å². The van der Waals surface area contributed by atoms with Crippen LogP contribution in [0.1, 0.15) is 80.6 Å². The highest BCUT2D eigenvalue weighted by atomic mass is 32.1. The first kappa shape index (κ1) is 28.2. The molecule has 1 atom stereocenters. The summed E-state index contributed by atoms with van der Waals surface area (Å²) in [4.78, 5) is 44.1. The predicted octanol–water partition coefficient (Wildman–Crippen LogP) is 3.19. The largest absolute Gasteiger partial charge is 0.480 e. The number of alkyl carbamates (subject to hydrolysis) is 1. The van der Waals surface area contributed by atoms with Gasteiger partial charge in [-0.3, -0.25) is 4.79 Å². The van der Waals surface area contributed by atoms with Crippen molar-refractivity contribution in [3.63, 3.8) is 0 Å². The number of piperidine rings is 2. The van der Waals surface area contributed by atoms with Crippen molar-refractivity contribution in [1.29, 1.82) is 0 Å². The third-order valence-electron chi connectivity index (χ3n) is 7.04. The zero-order chi connectivity index (χ0) is 26.1. The number of carboxylic acid groups (broad SMARTS) is 1. The Bertz CT molecular complexity index is 878. The number of nitrogens with one attached hydrogen (secondary N) is 3. The van der Waals surface area contributed by atoms with E-state index in [9.17, 15) is 19.5 Å². The van der Waals surface area contributed by atoms with Gasteiger partial charge in [0, 0.05) is 19.6 Å². The number of carbonyl (C=O) groups is 3. The summed E-state index contributed by atoms with van der Waals surface area (Å²) in [6.45, 7) is 10.0. The highest BCUT2D eigenvalue weighted by Gasteiger charge is 2.30. The molecular formula is C25H41N5O5S. The van der Waals surface area contributed by atoms with E-state index in [1.54, 1.807) is 0 Å². The molecule has 2 aliphatic rings. The maximum absolute atomic E-state index is 13.0. The summed E-state index contributed by atoms with van der Waals surface area (Å²) >= 11 is 1.36. The Labute approximate surface area is 217 Å². The van der Waals surface area contributed by atoms with Gasteiger partial charge in [0.1, 0.15) is 10.9 Å². The first-order chi connectivity index (χ1) is 17.3. The summed E-state index contributed by atoms with van der Waals surface area (Å²) in [7, 11) is 0. The Morgan fingerprint density at radius 1 is 1.17 bits per heavy atom. The first-order valence-corrected chi connectivity index (χ1v) is 14.0. The van der Waals surface area contributed by atoms with Crippen molar-refractivity contribution in [2.75, 3.05) is 44.2 Å². The number of nitrogens with zero attached hydrogens (tertiary/aromatic N) is 2. The van der Waals surface area contributed by atoms with E-state index < -0.39 is 18.1 Å². The second kappa shape index (κ2) is 13.8. The number of unbranched alkanes of at least 4 members (excludes halogenated alkanes) is 1. The molecule has 2 fully saturated rings. The van der Waals surface area contributed by atoms with E-state index in [1.807, 2.05) is 20.8 Å². The Hall–Kier alpha value is -2.40. The van der Waals surface area contributed by atoms with Gasteiger partial charge in [0.15, 0.2) is 5.13 Å². The zero-order valence-electron chi connectivity index (χ0n) is 21.7. The van der Waals surface area contributed by atoms with Crippen molar-refractivity contribution < 1.29 is 24.2 Å². The van der Waals surface area contributed by atoms with Crippen molar-refractivity contribution >= 4 is 34.4 Å². The van der Waals surface area contributed by atoms with Crippen LogP contribution in [0.4, 0.5) is 9.93 Å². The normalized spacial score (nSPS) is 18.2. The van der Waals surface area contributed by atoms with Gasteiger partial charge in [-0.05, 0) is 62.9 Å². The summed E-state index contributed by atoms with van der Waals surface area (Å²) in [5.41, 5.74) is 0.715. The van der Waals surface area contributed by atoms with Gasteiger partial charge in [-0.25, -0.2) is 14.6 Å². The molecule has 0 saturated carbocycles. The molecule has 11 heteroatoms. The monoisotopic (exact) mass is 523 g/mol. The Kier molecular flexibility index (Phi) is 10.8. The van der Waals surface area contributed by atoms with E-state index in [0.29, 0.717) is 17.0 Å². The van der Waals surface area contributed by atoms with Gasteiger partial charge < -0.3 is 30.7 Å². The van der Waals surface area contributed by atoms with E-state index in [2.05, 4.69) is 20.9 Å². The molecular weight excluding hydrogens is 482 g/mol. The first-order valence-electron chi connectivity index (χ1n) is 13.2. The van der Waals surface area contributed by atoms with Crippen LogP contribution in [0.25, 0.3) is 0 Å². The molecule has 0 aromatic carbocycles. The van der Waals surface area contributed by atoms with Gasteiger partial charge in [-0.1, -0.05) is 38.5 Å². The molecule has 0 bridgehead atoms. The van der Waals surface area contributed by atoms with Crippen LogP contribution in [-0.4, -0.2) is 73.4 Å². The molecule has 2 saturated heterocycles. The number of hydrogen-bond acceptors (Lipinski definition) is 8. The highest BCUT2D eigenvalue weighted by molar-refractivity contribution is 7.17. The molecule has 1 aromatic rings. The van der Waals surface area contributed by atoms with Crippen molar-refractivity contribution in [3.8, 4) is 0 Å². The number of ether oxygens (including phenoxy) is 1. The van der Waals surface area contributed by atoms with Gasteiger partial charge >= 0.3 is 12.1 Å². The lowest BCUT2D eigenvalue weighted by atomic mass is 9.79. The number of amides is 2. The van der Waals surface area contributed by atoms with Crippen LogP contribution in [-0.2, 0) is 9.53 Å². The minimum absolute atomic E-state index is 0.0463. The molecule has 3 rings (SSSR count). The summed E-state index contributed by atoms with van der Waals surface area (Å²) in [5, 5.41) is 18.7. The van der Waals surface area contributed by atoms with Gasteiger partial charge in [0.25, 0.3) is 5.91 Å². The average Bonchev–Trinajstić information content (AvgIpc) is 3.33. The van der Waals surface area contributed by atoms with Gasteiger partial charge in [0.05, 0.1) is 12.3 Å². The van der Waals surface area contributed by atoms with E-state index in [-0.39, 0.29) is 25.0 Å². The molecule has 3 heterocycles. The second-order valence-electron chi connectivity index (χ2n) is 10.0. The van der Waals surface area contributed by atoms with E-state index in [1.165, 1.54) is 24.2 Å². The van der Waals surface area contributed by atoms with Crippen molar-refractivity contribution in [1.82, 2.24) is 20.9 Å². The molecule has 0 spiro atoms. The number of hydrogen-bond donors (Lipinski definition) is 4. The molecule has 1 aromatic heterocycles. The molecule has 0 radical (unpaired) electrons. The lowest BCUT2D eigenvalue weighted by Gasteiger charge is -2.37. The number of aromatic nitrogens is 1. The van der Waals surface area contributed by atoms with Crippen LogP contribution >= 0.6 is 11.3 Å². The molecule has 1 unspecified atom stereocenters. The Morgan fingerprint density at radius 2 is 1.83 bits per heavy atom. The number of carboxylic acids is 1. The molecule has 36 heavy (non-hydrogen) atoms. The number of aliphatic carboxylic acids is 1. The van der Waals surface area contributed by atoms with E-state index >= 15 is 0 Å². The number of thiazole rings is 1. The lowest BCUT2D eigenvalue weighted by molar-refractivity contribution is -0.139. The SMILES string of the molecule is CCCCOC(=O)NC(CNC(=O)c1sc(N2CCC(C3CCNCC3)CC2)nc1C(C)C)C(=O)O. The van der Waals surface area contributed by atoms with Crippen molar-refractivity contribution in [2.24, 2.45) is 11.8 Å². The molecule has 2 amide bonds. The fourth-order valence-corrected chi connectivity index (χ4v) is 6.04. The van der Waals surface area contributed by atoms with Gasteiger partial charge in [-0.15, -0.1) is 0 Å². The molecule has 10 nitrogen and oxygen atoms in total. The fraction of sp³-hybridized carbons (Fsp3) is 0.760. The molecule has 4 N–H and O–H groups in total. The summed E-state index contributed by atoms with van der Waals surface area (Å²) in [6.07, 6.45) is 5.55. The maximum Gasteiger partial charge on any atom is 0.407 e. The van der Waals surface area contributed by atoms with Gasteiger partial charge in [-0.2, -0.15) is 0 Å². The van der Waals surface area contributed by atoms with Crippen LogP contribution in [0, 0.1) is 11.8 Å². The van der Waals surface area contributed by atoms with Crippen LogP contribution in [0.5, 0.6) is 0 Å². The van der Waals surface area contributed by atoms with E-state index in [0.717, 1.165) is 62.4 Å². The number of rotatable bonds is 11. The van der Waals surface area contributed by atoms with Crippen LogP contribution in [0.3, 0.4) is 0 Å². The Balaban J connectivity index is 1.58. The number of anilines is 1. The van der Waals surface area contributed by atoms with Crippen molar-refractivity contribution in [2.45, 2.75) is 71.3 Å². The molecule has 0 aliphatic carbocycles. The van der Waals surface area contributed by atoms with Crippen LogP contribution in [0.2, 0.25) is 0 Å². The Morgan fingerprint density at radius 3 is 2.44 bits per heavy atom. The highest BCUT2D eigenvalue weighted by Crippen LogP contribution is 2.36. The predicted molar refractivity (Wildman–Crippen MR) is 140 cm³/mol. The average molecular weight is 524 g/mol. The van der Waals surface area contributed by atoms with Crippen molar-refractivity contribution in [3.05, 3.63) is 10.6 Å². The van der Waals surface area contributed by atoms with E-state index in [4.69, 9.17) is 9.72 Å². The number of carbonyl (C=O) groups excluding carboxylic acids is 2. The van der Waals surface area contributed by atoms with Gasteiger partial charge in [0.2, 0.25) is 0 Å². The fourth-order valence-electron chi connectivity index (χ4n) is 4.86. The maximum atomic E-state index is 13.0. The summed E-state index contributed by atoms with van der Waals surface area (Å²) < 4.78 is 4.98. The third kappa shape index (κ3) is 7.80. The standard InChI is InChI=1S/C25H41N5O5S/c1-4-5-14-35-25(34)28-19(23(32)33)15-27-22(31)21-20(16(2)3)29-24(36-21)30-12-8-18(9-13-30)17-6-10-26-11-7-17/h16-19,26H,4-15H2,1-3H3,(H,27,31)(H,28,34)(H,32,33). The topological polar surface area (TPSA) is 133 Å². The third-order valence-corrected chi connectivity index (χ3v) is 8.17. The zero-order valence-corrected chi connectivity index (χ0v) is 22.5. The van der Waals surface area contributed by atoms with Crippen LogP contribution in [0.15, 0.2) is 0 Å².